The zero-order chi connectivity index (χ0) is 8.95. The lowest BCUT2D eigenvalue weighted by atomic mass is 10.4. The van der Waals surface area contributed by atoms with Crippen LogP contribution in [0.5, 0.6) is 0 Å². The SMILES string of the molecule is CC.CCCCSCCNC. The number of rotatable bonds is 6. The summed E-state index contributed by atoms with van der Waals surface area (Å²) in [4.78, 5) is 0. The van der Waals surface area contributed by atoms with Crippen molar-refractivity contribution in [1.82, 2.24) is 5.32 Å². The van der Waals surface area contributed by atoms with Gasteiger partial charge in [-0.15, -0.1) is 0 Å². The van der Waals surface area contributed by atoms with Gasteiger partial charge in [0.1, 0.15) is 0 Å². The van der Waals surface area contributed by atoms with Crippen LogP contribution in [-0.2, 0) is 0 Å². The molecule has 0 rings (SSSR count). The lowest BCUT2D eigenvalue weighted by molar-refractivity contribution is 0.865. The molecular weight excluding hydrogens is 154 g/mol. The van der Waals surface area contributed by atoms with Crippen molar-refractivity contribution in [2.45, 2.75) is 33.6 Å². The van der Waals surface area contributed by atoms with Gasteiger partial charge < -0.3 is 5.32 Å². The van der Waals surface area contributed by atoms with Crippen LogP contribution in [0.4, 0.5) is 0 Å². The molecule has 0 saturated heterocycles. The van der Waals surface area contributed by atoms with Gasteiger partial charge in [-0.3, -0.25) is 0 Å². The van der Waals surface area contributed by atoms with Crippen molar-refractivity contribution >= 4 is 11.8 Å². The molecule has 0 bridgehead atoms. The summed E-state index contributed by atoms with van der Waals surface area (Å²) in [6.45, 7) is 7.38. The van der Waals surface area contributed by atoms with Crippen LogP contribution in [0.2, 0.25) is 0 Å². The zero-order valence-corrected chi connectivity index (χ0v) is 9.26. The van der Waals surface area contributed by atoms with E-state index in [9.17, 15) is 0 Å². The number of nitrogens with one attached hydrogen (secondary N) is 1. The van der Waals surface area contributed by atoms with Gasteiger partial charge in [-0.25, -0.2) is 0 Å². The predicted molar refractivity (Wildman–Crippen MR) is 57.5 cm³/mol. The van der Waals surface area contributed by atoms with E-state index in [-0.39, 0.29) is 0 Å². The second-order valence-corrected chi connectivity index (χ2v) is 3.29. The highest BCUT2D eigenvalue weighted by Crippen LogP contribution is 2.02. The molecule has 0 amide bonds. The van der Waals surface area contributed by atoms with E-state index in [1.807, 2.05) is 32.7 Å². The Morgan fingerprint density at radius 1 is 1.18 bits per heavy atom. The summed E-state index contributed by atoms with van der Waals surface area (Å²) in [6.07, 6.45) is 2.70. The molecule has 0 radical (unpaired) electrons. The van der Waals surface area contributed by atoms with Gasteiger partial charge in [0, 0.05) is 12.3 Å². The first-order valence-corrected chi connectivity index (χ1v) is 5.79. The molecule has 0 aliphatic rings. The monoisotopic (exact) mass is 177 g/mol. The minimum Gasteiger partial charge on any atom is -0.319 e. The first-order valence-electron chi connectivity index (χ1n) is 4.64. The van der Waals surface area contributed by atoms with Crippen molar-refractivity contribution in [2.24, 2.45) is 0 Å². The van der Waals surface area contributed by atoms with Crippen molar-refractivity contribution in [3.05, 3.63) is 0 Å². The molecule has 0 fully saturated rings. The maximum absolute atomic E-state index is 3.12. The minimum absolute atomic E-state index is 1.15. The Morgan fingerprint density at radius 3 is 2.27 bits per heavy atom. The summed E-state index contributed by atoms with van der Waals surface area (Å²) < 4.78 is 0. The molecule has 0 aromatic rings. The minimum atomic E-state index is 1.15. The van der Waals surface area contributed by atoms with Crippen molar-refractivity contribution in [3.8, 4) is 0 Å². The Labute approximate surface area is 76.3 Å². The Bertz CT molecular complexity index is 42.8. The summed E-state index contributed by atoms with van der Waals surface area (Å²) in [5, 5.41) is 3.12. The Hall–Kier alpha value is 0.310. The van der Waals surface area contributed by atoms with Crippen LogP contribution in [0.3, 0.4) is 0 Å². The smallest absolute Gasteiger partial charge is 0.00579 e. The molecule has 1 nitrogen and oxygen atoms in total. The molecule has 0 aliphatic carbocycles. The summed E-state index contributed by atoms with van der Waals surface area (Å²) >= 11 is 2.04. The van der Waals surface area contributed by atoms with E-state index < -0.39 is 0 Å². The Kier molecular flexibility index (Phi) is 21.1. The second kappa shape index (κ2) is 16.7. The van der Waals surface area contributed by atoms with Gasteiger partial charge in [-0.05, 0) is 19.2 Å². The van der Waals surface area contributed by atoms with Crippen molar-refractivity contribution < 1.29 is 0 Å². The fourth-order valence-corrected chi connectivity index (χ4v) is 1.57. The van der Waals surface area contributed by atoms with Gasteiger partial charge in [0.2, 0.25) is 0 Å². The maximum atomic E-state index is 3.12. The highest BCUT2D eigenvalue weighted by atomic mass is 32.2. The second-order valence-electron chi connectivity index (χ2n) is 2.07. The van der Waals surface area contributed by atoms with E-state index in [2.05, 4.69) is 12.2 Å². The first kappa shape index (κ1) is 13.9. The third-order valence-electron chi connectivity index (χ3n) is 1.14. The van der Waals surface area contributed by atoms with Gasteiger partial charge in [-0.2, -0.15) is 11.8 Å². The average molecular weight is 177 g/mol. The molecule has 0 saturated carbocycles. The van der Waals surface area contributed by atoms with Crippen molar-refractivity contribution in [3.63, 3.8) is 0 Å². The first-order chi connectivity index (χ1) is 5.41. The molecule has 0 heterocycles. The van der Waals surface area contributed by atoms with E-state index in [0.717, 1.165) is 6.54 Å². The van der Waals surface area contributed by atoms with E-state index >= 15 is 0 Å². The molecule has 0 atom stereocenters. The summed E-state index contributed by atoms with van der Waals surface area (Å²) in [6, 6.07) is 0. The maximum Gasteiger partial charge on any atom is 0.00579 e. The predicted octanol–water partition coefficient (Wildman–Crippen LogP) is 2.77. The van der Waals surface area contributed by atoms with Gasteiger partial charge in [0.05, 0.1) is 0 Å². The normalized spacial score (nSPS) is 8.73. The molecule has 11 heavy (non-hydrogen) atoms. The third kappa shape index (κ3) is 17.9. The Morgan fingerprint density at radius 2 is 1.82 bits per heavy atom. The molecule has 0 aliphatic heterocycles. The van der Waals surface area contributed by atoms with Crippen LogP contribution in [0.25, 0.3) is 0 Å². The van der Waals surface area contributed by atoms with Gasteiger partial charge >= 0.3 is 0 Å². The fraction of sp³-hybridized carbons (Fsp3) is 1.00. The highest BCUT2D eigenvalue weighted by Gasteiger charge is 1.85. The number of hydrogen-bond acceptors (Lipinski definition) is 2. The molecule has 0 spiro atoms. The van der Waals surface area contributed by atoms with Crippen molar-refractivity contribution in [2.75, 3.05) is 25.1 Å². The van der Waals surface area contributed by atoms with E-state index in [4.69, 9.17) is 0 Å². The van der Waals surface area contributed by atoms with E-state index in [0.29, 0.717) is 0 Å². The molecule has 0 aromatic heterocycles. The standard InChI is InChI=1S/C7H17NS.C2H6/c1-3-4-6-9-7-5-8-2;1-2/h8H,3-7H2,1-2H3;1-2H3. The lowest BCUT2D eigenvalue weighted by Crippen LogP contribution is -2.09. The van der Waals surface area contributed by atoms with Crippen molar-refractivity contribution in [1.29, 1.82) is 0 Å². The van der Waals surface area contributed by atoms with E-state index in [1.165, 1.54) is 24.3 Å². The molecule has 70 valence electrons. The summed E-state index contributed by atoms with van der Waals surface area (Å²) in [5.41, 5.74) is 0. The number of hydrogen-bond donors (Lipinski definition) is 1. The van der Waals surface area contributed by atoms with Crippen LogP contribution in [-0.4, -0.2) is 25.1 Å². The zero-order valence-electron chi connectivity index (χ0n) is 8.44. The van der Waals surface area contributed by atoms with Gasteiger partial charge in [0.25, 0.3) is 0 Å². The van der Waals surface area contributed by atoms with Gasteiger partial charge in [-0.1, -0.05) is 27.2 Å². The Balaban J connectivity index is 0. The third-order valence-corrected chi connectivity index (χ3v) is 2.21. The van der Waals surface area contributed by atoms with Crippen LogP contribution >= 0.6 is 11.8 Å². The molecule has 0 unspecified atom stereocenters. The van der Waals surface area contributed by atoms with E-state index in [1.54, 1.807) is 0 Å². The lowest BCUT2D eigenvalue weighted by Gasteiger charge is -1.97. The fourth-order valence-electron chi connectivity index (χ4n) is 0.523. The molecule has 1 N–H and O–H groups in total. The summed E-state index contributed by atoms with van der Waals surface area (Å²) in [7, 11) is 2.00. The van der Waals surface area contributed by atoms with Crippen LogP contribution in [0.15, 0.2) is 0 Å². The topological polar surface area (TPSA) is 12.0 Å². The van der Waals surface area contributed by atoms with Crippen LogP contribution in [0, 0.1) is 0 Å². The average Bonchev–Trinajstić information content (AvgIpc) is 2.08. The van der Waals surface area contributed by atoms with Crippen LogP contribution < -0.4 is 5.32 Å². The summed E-state index contributed by atoms with van der Waals surface area (Å²) in [5.74, 6) is 2.59. The largest absolute Gasteiger partial charge is 0.319 e. The quantitative estimate of drug-likeness (QED) is 0.626. The number of unbranched alkanes of at least 4 members (excludes halogenated alkanes) is 1. The van der Waals surface area contributed by atoms with Crippen LogP contribution in [0.1, 0.15) is 33.6 Å². The van der Waals surface area contributed by atoms with Gasteiger partial charge in [0.15, 0.2) is 0 Å². The number of thioether (sulfide) groups is 1. The molecule has 2 heteroatoms. The molecule has 0 aromatic carbocycles. The molecular formula is C9H23NS. The highest BCUT2D eigenvalue weighted by molar-refractivity contribution is 7.99.